The number of halogens is 2. The number of carbonyl (C=O) groups is 2. The number of aromatic nitrogens is 1. The molecule has 2 aromatic carbocycles. The smallest absolute Gasteiger partial charge is 0.340 e. The van der Waals surface area contributed by atoms with Crippen LogP contribution in [0.5, 0.6) is 0 Å². The van der Waals surface area contributed by atoms with Crippen molar-refractivity contribution in [3.05, 3.63) is 82.5 Å². The monoisotopic (exact) mass is 428 g/mol. The Bertz CT molecular complexity index is 1140. The van der Waals surface area contributed by atoms with Crippen molar-refractivity contribution in [3.8, 4) is 0 Å². The molecule has 30 heavy (non-hydrogen) atoms. The summed E-state index contributed by atoms with van der Waals surface area (Å²) in [6.07, 6.45) is 1.55. The van der Waals surface area contributed by atoms with E-state index in [-0.39, 0.29) is 11.3 Å². The zero-order valence-corrected chi connectivity index (χ0v) is 17.3. The van der Waals surface area contributed by atoms with Gasteiger partial charge in [0.05, 0.1) is 23.9 Å². The molecule has 0 atom stereocenters. The van der Waals surface area contributed by atoms with E-state index in [2.05, 4.69) is 15.0 Å². The summed E-state index contributed by atoms with van der Waals surface area (Å²) < 4.78 is 32.5. The number of nitrogens with zero attached hydrogens (tertiary/aromatic N) is 1. The number of hydrogen-bond donors (Lipinski definition) is 1. The van der Waals surface area contributed by atoms with Crippen LogP contribution >= 0.6 is 11.8 Å². The molecule has 0 spiro atoms. The van der Waals surface area contributed by atoms with Crippen molar-refractivity contribution < 1.29 is 23.1 Å². The molecule has 0 aliphatic heterocycles. The molecule has 154 valence electrons. The number of esters is 1. The Hall–Kier alpha value is -3.26. The molecule has 1 aromatic heterocycles. The average Bonchev–Trinajstić information content (AvgIpc) is 2.72. The molecule has 8 heteroatoms. The normalized spacial score (nSPS) is 10.6. The minimum Gasteiger partial charge on any atom is -0.465 e. The lowest BCUT2D eigenvalue weighted by Gasteiger charge is -2.11. The van der Waals surface area contributed by atoms with Crippen LogP contribution in [0.1, 0.15) is 31.8 Å². The van der Waals surface area contributed by atoms with Crippen molar-refractivity contribution >= 4 is 29.3 Å². The van der Waals surface area contributed by atoms with Crippen molar-refractivity contribution in [2.75, 3.05) is 12.4 Å². The Morgan fingerprint density at radius 3 is 2.47 bits per heavy atom. The lowest BCUT2D eigenvalue weighted by molar-refractivity contribution is 0.0595. The molecule has 1 heterocycles. The van der Waals surface area contributed by atoms with E-state index in [1.807, 2.05) is 32.0 Å². The quantitative estimate of drug-likeness (QED) is 0.568. The molecule has 3 rings (SSSR count). The van der Waals surface area contributed by atoms with Gasteiger partial charge >= 0.3 is 5.97 Å². The van der Waals surface area contributed by atoms with Gasteiger partial charge in [-0.2, -0.15) is 0 Å². The maximum atomic E-state index is 14.2. The first-order chi connectivity index (χ1) is 14.3. The first-order valence-electron chi connectivity index (χ1n) is 8.89. The molecule has 0 aliphatic rings. The molecule has 0 saturated heterocycles. The fourth-order valence-corrected chi connectivity index (χ4v) is 3.61. The standard InChI is InChI=1S/C22H18F2N2O3S/c1-12-6-7-14(9-13(12)2)30-21-15(5-4-8-25-21)20(27)26-19-10-16(22(28)29-3)17(23)11-18(19)24/h4-11H,1-3H3,(H,26,27). The SMILES string of the molecule is COC(=O)c1cc(NC(=O)c2cccnc2Sc2ccc(C)c(C)c2)c(F)cc1F. The van der Waals surface area contributed by atoms with Gasteiger partial charge in [-0.3, -0.25) is 4.79 Å². The zero-order chi connectivity index (χ0) is 21.8. The summed E-state index contributed by atoms with van der Waals surface area (Å²) in [5.41, 5.74) is 1.64. The summed E-state index contributed by atoms with van der Waals surface area (Å²) in [6, 6.07) is 10.4. The third kappa shape index (κ3) is 4.65. The summed E-state index contributed by atoms with van der Waals surface area (Å²) in [6.45, 7) is 3.99. The molecule has 5 nitrogen and oxygen atoms in total. The number of methoxy groups -OCH3 is 1. The second-order valence-corrected chi connectivity index (χ2v) is 7.52. The van der Waals surface area contributed by atoms with Gasteiger partial charge in [-0.25, -0.2) is 18.6 Å². The van der Waals surface area contributed by atoms with Gasteiger partial charge < -0.3 is 10.1 Å². The van der Waals surface area contributed by atoms with E-state index in [1.165, 1.54) is 11.8 Å². The van der Waals surface area contributed by atoms with Gasteiger partial charge in [0.1, 0.15) is 16.7 Å². The second kappa shape index (κ2) is 9.04. The van der Waals surface area contributed by atoms with Gasteiger partial charge in [-0.15, -0.1) is 0 Å². The highest BCUT2D eigenvalue weighted by Gasteiger charge is 2.20. The van der Waals surface area contributed by atoms with E-state index in [0.717, 1.165) is 29.2 Å². The fourth-order valence-electron chi connectivity index (χ4n) is 2.63. The molecular weight excluding hydrogens is 410 g/mol. The van der Waals surface area contributed by atoms with Crippen LogP contribution in [0, 0.1) is 25.5 Å². The van der Waals surface area contributed by atoms with Gasteiger partial charge in [0.2, 0.25) is 0 Å². The van der Waals surface area contributed by atoms with Crippen LogP contribution < -0.4 is 5.32 Å². The second-order valence-electron chi connectivity index (χ2n) is 6.46. The van der Waals surface area contributed by atoms with E-state index in [4.69, 9.17) is 0 Å². The summed E-state index contributed by atoms with van der Waals surface area (Å²) >= 11 is 1.29. The molecule has 0 unspecified atom stereocenters. The number of hydrogen-bond acceptors (Lipinski definition) is 5. The van der Waals surface area contributed by atoms with Crippen molar-refractivity contribution in [2.24, 2.45) is 0 Å². The maximum absolute atomic E-state index is 14.2. The predicted octanol–water partition coefficient (Wildman–Crippen LogP) is 5.17. The molecule has 0 radical (unpaired) electrons. The Balaban J connectivity index is 1.90. The van der Waals surface area contributed by atoms with Crippen molar-refractivity contribution in [1.82, 2.24) is 4.98 Å². The molecule has 0 aliphatic carbocycles. The van der Waals surface area contributed by atoms with Crippen LogP contribution in [-0.4, -0.2) is 24.0 Å². The third-order valence-corrected chi connectivity index (χ3v) is 5.43. The highest BCUT2D eigenvalue weighted by Crippen LogP contribution is 2.30. The minimum atomic E-state index is -1.08. The first-order valence-corrected chi connectivity index (χ1v) is 9.70. The van der Waals surface area contributed by atoms with Gasteiger partial charge in [0.25, 0.3) is 5.91 Å². The van der Waals surface area contributed by atoms with E-state index < -0.39 is 29.1 Å². The maximum Gasteiger partial charge on any atom is 0.340 e. The van der Waals surface area contributed by atoms with Crippen molar-refractivity contribution in [3.63, 3.8) is 0 Å². The minimum absolute atomic E-state index is 0.212. The first kappa shape index (κ1) is 21.4. The van der Waals surface area contributed by atoms with Crippen LogP contribution in [0.4, 0.5) is 14.5 Å². The number of carbonyl (C=O) groups excluding carboxylic acids is 2. The number of rotatable bonds is 5. The number of aryl methyl sites for hydroxylation is 2. The Labute approximate surface area is 176 Å². The molecule has 0 saturated carbocycles. The number of ether oxygens (including phenoxy) is 1. The lowest BCUT2D eigenvalue weighted by Crippen LogP contribution is -2.16. The Morgan fingerprint density at radius 2 is 1.77 bits per heavy atom. The predicted molar refractivity (Wildman–Crippen MR) is 110 cm³/mol. The molecule has 3 aromatic rings. The number of nitrogens with one attached hydrogen (secondary N) is 1. The van der Waals surface area contributed by atoms with Gasteiger partial charge in [-0.05, 0) is 55.3 Å². The molecule has 1 amide bonds. The summed E-state index contributed by atoms with van der Waals surface area (Å²) in [4.78, 5) is 29.6. The molecule has 1 N–H and O–H groups in total. The van der Waals surface area contributed by atoms with Gasteiger partial charge in [0, 0.05) is 17.2 Å². The molecular formula is C22H18F2N2O3S. The Kier molecular flexibility index (Phi) is 6.47. The van der Waals surface area contributed by atoms with Gasteiger partial charge in [0.15, 0.2) is 0 Å². The van der Waals surface area contributed by atoms with E-state index in [0.29, 0.717) is 11.1 Å². The van der Waals surface area contributed by atoms with Crippen LogP contribution in [0.3, 0.4) is 0 Å². The summed E-state index contributed by atoms with van der Waals surface area (Å²) in [7, 11) is 1.08. The summed E-state index contributed by atoms with van der Waals surface area (Å²) in [5.74, 6) is -3.71. The summed E-state index contributed by atoms with van der Waals surface area (Å²) in [5, 5.41) is 2.80. The van der Waals surface area contributed by atoms with Crippen molar-refractivity contribution in [1.29, 1.82) is 0 Å². The Morgan fingerprint density at radius 1 is 1.00 bits per heavy atom. The number of pyridine rings is 1. The highest BCUT2D eigenvalue weighted by atomic mass is 32.2. The number of amides is 1. The lowest BCUT2D eigenvalue weighted by atomic mass is 10.1. The van der Waals surface area contributed by atoms with E-state index in [9.17, 15) is 18.4 Å². The number of anilines is 1. The largest absolute Gasteiger partial charge is 0.465 e. The molecule has 0 fully saturated rings. The van der Waals surface area contributed by atoms with E-state index in [1.54, 1.807) is 18.3 Å². The number of benzene rings is 2. The van der Waals surface area contributed by atoms with Crippen LogP contribution in [0.25, 0.3) is 0 Å². The van der Waals surface area contributed by atoms with Crippen LogP contribution in [0.15, 0.2) is 58.6 Å². The topological polar surface area (TPSA) is 68.3 Å². The fraction of sp³-hybridized carbons (Fsp3) is 0.136. The third-order valence-electron chi connectivity index (χ3n) is 4.42. The molecule has 0 bridgehead atoms. The van der Waals surface area contributed by atoms with Crippen molar-refractivity contribution in [2.45, 2.75) is 23.8 Å². The van der Waals surface area contributed by atoms with Gasteiger partial charge in [-0.1, -0.05) is 17.8 Å². The average molecular weight is 428 g/mol. The zero-order valence-electron chi connectivity index (χ0n) is 16.5. The van der Waals surface area contributed by atoms with E-state index >= 15 is 0 Å². The van der Waals surface area contributed by atoms with Crippen LogP contribution in [-0.2, 0) is 4.74 Å². The van der Waals surface area contributed by atoms with Crippen LogP contribution in [0.2, 0.25) is 0 Å². The highest BCUT2D eigenvalue weighted by molar-refractivity contribution is 7.99.